The Kier molecular flexibility index (Phi) is 3.76. The van der Waals surface area contributed by atoms with Crippen LogP contribution in [0.3, 0.4) is 0 Å². The van der Waals surface area contributed by atoms with E-state index in [2.05, 4.69) is 4.98 Å². The van der Waals surface area contributed by atoms with Crippen LogP contribution < -0.4 is 5.73 Å². The summed E-state index contributed by atoms with van der Waals surface area (Å²) in [6.45, 7) is 0. The number of hydrogen-bond acceptors (Lipinski definition) is 5. The van der Waals surface area contributed by atoms with Crippen LogP contribution in [0.1, 0.15) is 16.1 Å². The molecule has 0 radical (unpaired) electrons. The van der Waals surface area contributed by atoms with E-state index in [1.54, 1.807) is 22.5 Å². The summed E-state index contributed by atoms with van der Waals surface area (Å²) < 4.78 is 6.39. The SMILES string of the molecule is COC(=O)c1c(N)c(C#N)cn1-c1ccc2[nH]cc(SC)c2c1. The van der Waals surface area contributed by atoms with Gasteiger partial charge >= 0.3 is 5.97 Å². The number of aromatic nitrogens is 2. The van der Waals surface area contributed by atoms with Crippen LogP contribution in [0.15, 0.2) is 35.5 Å². The number of thioether (sulfide) groups is 1. The number of nitrogens with two attached hydrogens (primary N) is 1. The molecule has 0 aliphatic rings. The Hall–Kier alpha value is -2.85. The highest BCUT2D eigenvalue weighted by Gasteiger charge is 2.22. The lowest BCUT2D eigenvalue weighted by Crippen LogP contribution is -2.11. The number of H-pyrrole nitrogens is 1. The first-order valence-corrected chi connectivity index (χ1v) is 7.98. The summed E-state index contributed by atoms with van der Waals surface area (Å²) in [5.41, 5.74) is 8.18. The first-order chi connectivity index (χ1) is 11.1. The summed E-state index contributed by atoms with van der Waals surface area (Å²) in [6.07, 6.45) is 5.48. The number of nitrogen functional groups attached to an aromatic ring is 1. The molecule has 3 N–H and O–H groups in total. The number of hydrogen-bond donors (Lipinski definition) is 2. The standard InChI is InChI=1S/C16H14N4O2S/c1-22-16(21)15-14(18)9(6-17)8-20(15)10-3-4-12-11(5-10)13(23-2)7-19-12/h3-5,7-8,19H,18H2,1-2H3. The molecule has 0 spiro atoms. The molecule has 116 valence electrons. The maximum atomic E-state index is 12.1. The fraction of sp³-hybridized carbons (Fsp3) is 0.125. The van der Waals surface area contributed by atoms with E-state index < -0.39 is 5.97 Å². The van der Waals surface area contributed by atoms with Crippen LogP contribution in [-0.2, 0) is 4.74 Å². The summed E-state index contributed by atoms with van der Waals surface area (Å²) in [5.74, 6) is -0.580. The summed E-state index contributed by atoms with van der Waals surface area (Å²) in [7, 11) is 1.28. The van der Waals surface area contributed by atoms with Crippen molar-refractivity contribution >= 4 is 34.3 Å². The molecule has 0 saturated carbocycles. The van der Waals surface area contributed by atoms with Crippen molar-refractivity contribution in [1.82, 2.24) is 9.55 Å². The molecule has 0 saturated heterocycles. The second-order valence-electron chi connectivity index (χ2n) is 4.87. The first kappa shape index (κ1) is 15.1. The molecule has 0 aliphatic carbocycles. The van der Waals surface area contributed by atoms with Gasteiger partial charge in [-0.2, -0.15) is 5.26 Å². The third-order valence-corrected chi connectivity index (χ3v) is 4.45. The predicted octanol–water partition coefficient (Wildman–Crippen LogP) is 2.92. The van der Waals surface area contributed by atoms with Gasteiger partial charge in [0, 0.05) is 33.9 Å². The molecular formula is C16H14N4O2S. The van der Waals surface area contributed by atoms with E-state index in [0.29, 0.717) is 0 Å². The number of nitriles is 1. The first-order valence-electron chi connectivity index (χ1n) is 6.75. The van der Waals surface area contributed by atoms with Crippen molar-refractivity contribution < 1.29 is 9.53 Å². The highest BCUT2D eigenvalue weighted by Crippen LogP contribution is 2.30. The molecule has 2 aromatic heterocycles. The number of aromatic amines is 1. The molecule has 0 atom stereocenters. The average Bonchev–Trinajstić information content (AvgIpc) is 3.13. The minimum Gasteiger partial charge on any atom is -0.464 e. The van der Waals surface area contributed by atoms with Gasteiger partial charge in [-0.3, -0.25) is 0 Å². The number of nitrogens with one attached hydrogen (secondary N) is 1. The second-order valence-corrected chi connectivity index (χ2v) is 5.71. The predicted molar refractivity (Wildman–Crippen MR) is 89.9 cm³/mol. The third kappa shape index (κ3) is 2.33. The Bertz CT molecular complexity index is 949. The number of fused-ring (bicyclic) bond motifs is 1. The molecule has 3 aromatic rings. The van der Waals surface area contributed by atoms with E-state index in [1.807, 2.05) is 36.7 Å². The number of rotatable bonds is 3. The third-order valence-electron chi connectivity index (χ3n) is 3.67. The van der Waals surface area contributed by atoms with Crippen molar-refractivity contribution in [2.75, 3.05) is 19.1 Å². The van der Waals surface area contributed by atoms with Gasteiger partial charge in [0.15, 0.2) is 5.69 Å². The molecule has 1 aromatic carbocycles. The molecule has 0 amide bonds. The molecule has 3 rings (SSSR count). The minimum absolute atomic E-state index is 0.124. The van der Waals surface area contributed by atoms with E-state index >= 15 is 0 Å². The van der Waals surface area contributed by atoms with E-state index in [4.69, 9.17) is 10.5 Å². The number of nitrogens with zero attached hydrogens (tertiary/aromatic N) is 2. The van der Waals surface area contributed by atoms with Crippen LogP contribution in [0.4, 0.5) is 5.69 Å². The molecule has 2 heterocycles. The summed E-state index contributed by atoms with van der Waals surface area (Å²) in [4.78, 5) is 16.3. The maximum Gasteiger partial charge on any atom is 0.357 e. The number of anilines is 1. The lowest BCUT2D eigenvalue weighted by Gasteiger charge is -2.09. The van der Waals surface area contributed by atoms with Gasteiger partial charge in [-0.15, -0.1) is 11.8 Å². The lowest BCUT2D eigenvalue weighted by molar-refractivity contribution is 0.0593. The van der Waals surface area contributed by atoms with Gasteiger partial charge in [0.2, 0.25) is 0 Å². The fourth-order valence-corrected chi connectivity index (χ4v) is 3.09. The number of carbonyl (C=O) groups excluding carboxylic acids is 1. The molecule has 0 aliphatic heterocycles. The summed E-state index contributed by atoms with van der Waals surface area (Å²) >= 11 is 1.63. The Morgan fingerprint density at radius 3 is 2.91 bits per heavy atom. The zero-order valence-corrected chi connectivity index (χ0v) is 13.4. The molecule has 6 nitrogen and oxygen atoms in total. The minimum atomic E-state index is -0.580. The van der Waals surface area contributed by atoms with Crippen molar-refractivity contribution in [2.45, 2.75) is 4.90 Å². The highest BCUT2D eigenvalue weighted by atomic mass is 32.2. The molecule has 0 bridgehead atoms. The smallest absolute Gasteiger partial charge is 0.357 e. The summed E-state index contributed by atoms with van der Waals surface area (Å²) in [6, 6.07) is 7.73. The van der Waals surface area contributed by atoms with Gasteiger partial charge in [0.1, 0.15) is 6.07 Å². The van der Waals surface area contributed by atoms with Crippen LogP contribution in [-0.4, -0.2) is 28.9 Å². The van der Waals surface area contributed by atoms with Gasteiger partial charge in [-0.05, 0) is 24.5 Å². The lowest BCUT2D eigenvalue weighted by atomic mass is 10.2. The van der Waals surface area contributed by atoms with Crippen LogP contribution in [0, 0.1) is 11.3 Å². The Labute approximate surface area is 136 Å². The molecule has 0 fully saturated rings. The monoisotopic (exact) mass is 326 g/mol. The molecule has 0 unspecified atom stereocenters. The van der Waals surface area contributed by atoms with Gasteiger partial charge in [-0.25, -0.2) is 4.79 Å². The van der Waals surface area contributed by atoms with Crippen LogP contribution >= 0.6 is 11.8 Å². The van der Waals surface area contributed by atoms with Crippen LogP contribution in [0.5, 0.6) is 0 Å². The summed E-state index contributed by atoms with van der Waals surface area (Å²) in [5, 5.41) is 10.2. The number of methoxy groups -OCH3 is 1. The maximum absolute atomic E-state index is 12.1. The fourth-order valence-electron chi connectivity index (χ4n) is 2.52. The van der Waals surface area contributed by atoms with Crippen LogP contribution in [0.2, 0.25) is 0 Å². The van der Waals surface area contributed by atoms with E-state index in [9.17, 15) is 10.1 Å². The largest absolute Gasteiger partial charge is 0.464 e. The zero-order valence-electron chi connectivity index (χ0n) is 12.6. The van der Waals surface area contributed by atoms with Crippen molar-refractivity contribution in [1.29, 1.82) is 5.26 Å². The van der Waals surface area contributed by atoms with Crippen molar-refractivity contribution in [3.8, 4) is 11.8 Å². The van der Waals surface area contributed by atoms with E-state index in [1.165, 1.54) is 7.11 Å². The van der Waals surface area contributed by atoms with Gasteiger partial charge in [-0.1, -0.05) is 0 Å². The van der Waals surface area contributed by atoms with Crippen molar-refractivity contribution in [2.24, 2.45) is 0 Å². The highest BCUT2D eigenvalue weighted by molar-refractivity contribution is 7.98. The van der Waals surface area contributed by atoms with E-state index in [-0.39, 0.29) is 16.9 Å². The second kappa shape index (κ2) is 5.74. The topological polar surface area (TPSA) is 96.8 Å². The Morgan fingerprint density at radius 1 is 1.48 bits per heavy atom. The van der Waals surface area contributed by atoms with Gasteiger partial charge in [0.05, 0.1) is 18.4 Å². The number of carbonyl (C=O) groups is 1. The van der Waals surface area contributed by atoms with Gasteiger partial charge < -0.3 is 20.0 Å². The number of benzene rings is 1. The average molecular weight is 326 g/mol. The Morgan fingerprint density at radius 2 is 2.26 bits per heavy atom. The van der Waals surface area contributed by atoms with Crippen molar-refractivity contribution in [3.63, 3.8) is 0 Å². The molecule has 7 heteroatoms. The van der Waals surface area contributed by atoms with E-state index in [0.717, 1.165) is 21.5 Å². The Balaban J connectivity index is 2.26. The number of esters is 1. The van der Waals surface area contributed by atoms with Gasteiger partial charge in [0.25, 0.3) is 0 Å². The normalized spacial score (nSPS) is 10.7. The van der Waals surface area contributed by atoms with Crippen molar-refractivity contribution in [3.05, 3.63) is 41.9 Å². The molecule has 23 heavy (non-hydrogen) atoms. The zero-order chi connectivity index (χ0) is 16.6. The van der Waals surface area contributed by atoms with Crippen LogP contribution in [0.25, 0.3) is 16.6 Å². The molecular weight excluding hydrogens is 312 g/mol. The quantitative estimate of drug-likeness (QED) is 0.570. The number of ether oxygens (including phenoxy) is 1.